The van der Waals surface area contributed by atoms with Crippen molar-refractivity contribution in [2.75, 3.05) is 5.32 Å². The normalized spacial score (nSPS) is 10.3. The molecule has 5 heteroatoms. The van der Waals surface area contributed by atoms with Crippen LogP contribution in [0.5, 0.6) is 5.75 Å². The molecule has 19 heavy (non-hydrogen) atoms. The van der Waals surface area contributed by atoms with Crippen molar-refractivity contribution in [3.8, 4) is 5.75 Å². The van der Waals surface area contributed by atoms with E-state index in [4.69, 9.17) is 0 Å². The molecule has 0 fully saturated rings. The van der Waals surface area contributed by atoms with Crippen LogP contribution in [-0.4, -0.2) is 16.0 Å². The van der Waals surface area contributed by atoms with Crippen molar-refractivity contribution in [3.63, 3.8) is 0 Å². The predicted octanol–water partition coefficient (Wildman–Crippen LogP) is 3.42. The third-order valence-electron chi connectivity index (χ3n) is 2.82. The molecular weight excluding hydrogens is 308 g/mol. The van der Waals surface area contributed by atoms with E-state index >= 15 is 0 Å². The average molecular weight is 321 g/mol. The molecule has 1 aromatic carbocycles. The topological polar surface area (TPSA) is 62.2 Å². The number of anilines is 1. The second kappa shape index (κ2) is 5.40. The van der Waals surface area contributed by atoms with E-state index in [0.717, 1.165) is 10.2 Å². The van der Waals surface area contributed by atoms with Crippen LogP contribution in [0.4, 0.5) is 5.69 Å². The van der Waals surface area contributed by atoms with E-state index in [1.807, 2.05) is 13.0 Å². The van der Waals surface area contributed by atoms with Crippen molar-refractivity contribution in [1.82, 2.24) is 4.98 Å². The highest BCUT2D eigenvalue weighted by molar-refractivity contribution is 9.10. The van der Waals surface area contributed by atoms with Crippen LogP contribution < -0.4 is 5.32 Å². The number of phenols is 1. The summed E-state index contributed by atoms with van der Waals surface area (Å²) in [6.45, 7) is 3.60. The highest BCUT2D eigenvalue weighted by Crippen LogP contribution is 2.21. The number of carbonyl (C=O) groups excluding carboxylic acids is 1. The monoisotopic (exact) mass is 320 g/mol. The number of hydrogen-bond donors (Lipinski definition) is 2. The Labute approximate surface area is 119 Å². The van der Waals surface area contributed by atoms with Crippen LogP contribution in [-0.2, 0) is 0 Å². The number of carbonyl (C=O) groups is 1. The highest BCUT2D eigenvalue weighted by Gasteiger charge is 2.12. The van der Waals surface area contributed by atoms with E-state index in [-0.39, 0.29) is 11.7 Å². The standard InChI is InChI=1S/C14H13BrN2O2/c1-8-6-10(7-16-13(8)15)17-14(19)11-4-3-5-12(18)9(11)2/h3-7,18H,1-2H3,(H,17,19). The second-order valence-corrected chi connectivity index (χ2v) is 4.99. The van der Waals surface area contributed by atoms with Gasteiger partial charge in [0.25, 0.3) is 5.91 Å². The van der Waals surface area contributed by atoms with Crippen LogP contribution in [0.1, 0.15) is 21.5 Å². The van der Waals surface area contributed by atoms with Gasteiger partial charge in [-0.25, -0.2) is 4.98 Å². The first-order valence-electron chi connectivity index (χ1n) is 5.71. The molecule has 0 spiro atoms. The Kier molecular flexibility index (Phi) is 3.85. The Morgan fingerprint density at radius 3 is 2.79 bits per heavy atom. The van der Waals surface area contributed by atoms with Gasteiger partial charge in [0.15, 0.2) is 0 Å². The molecule has 0 saturated carbocycles. The third-order valence-corrected chi connectivity index (χ3v) is 3.65. The lowest BCUT2D eigenvalue weighted by Crippen LogP contribution is -2.13. The first-order valence-corrected chi connectivity index (χ1v) is 6.50. The van der Waals surface area contributed by atoms with Crippen molar-refractivity contribution >= 4 is 27.5 Å². The van der Waals surface area contributed by atoms with Gasteiger partial charge in [-0.15, -0.1) is 0 Å². The fraction of sp³-hybridized carbons (Fsp3) is 0.143. The summed E-state index contributed by atoms with van der Waals surface area (Å²) in [4.78, 5) is 16.2. The van der Waals surface area contributed by atoms with Crippen molar-refractivity contribution < 1.29 is 9.90 Å². The van der Waals surface area contributed by atoms with Gasteiger partial charge in [0, 0.05) is 11.1 Å². The molecule has 1 aromatic heterocycles. The van der Waals surface area contributed by atoms with E-state index in [2.05, 4.69) is 26.2 Å². The molecule has 2 rings (SSSR count). The summed E-state index contributed by atoms with van der Waals surface area (Å²) in [5.41, 5.74) is 2.56. The molecule has 98 valence electrons. The van der Waals surface area contributed by atoms with E-state index in [1.165, 1.54) is 0 Å². The molecule has 2 N–H and O–H groups in total. The van der Waals surface area contributed by atoms with E-state index < -0.39 is 0 Å². The van der Waals surface area contributed by atoms with Crippen LogP contribution in [0, 0.1) is 13.8 Å². The van der Waals surface area contributed by atoms with Gasteiger partial charge >= 0.3 is 0 Å². The van der Waals surface area contributed by atoms with Gasteiger partial charge < -0.3 is 10.4 Å². The summed E-state index contributed by atoms with van der Waals surface area (Å²) < 4.78 is 0.749. The maximum atomic E-state index is 12.1. The van der Waals surface area contributed by atoms with Crippen LogP contribution in [0.2, 0.25) is 0 Å². The van der Waals surface area contributed by atoms with Gasteiger partial charge in [-0.3, -0.25) is 4.79 Å². The summed E-state index contributed by atoms with van der Waals surface area (Å²) in [6.07, 6.45) is 1.58. The van der Waals surface area contributed by atoms with Crippen molar-refractivity contribution in [2.45, 2.75) is 13.8 Å². The minimum absolute atomic E-state index is 0.109. The Balaban J connectivity index is 2.26. The molecule has 1 heterocycles. The Hall–Kier alpha value is -1.88. The molecule has 0 bridgehead atoms. The largest absolute Gasteiger partial charge is 0.508 e. The first-order chi connectivity index (χ1) is 8.99. The number of halogens is 1. The number of nitrogens with zero attached hydrogens (tertiary/aromatic N) is 1. The van der Waals surface area contributed by atoms with Crippen molar-refractivity contribution in [3.05, 3.63) is 51.8 Å². The molecule has 0 radical (unpaired) electrons. The van der Waals surface area contributed by atoms with Gasteiger partial charge in [-0.2, -0.15) is 0 Å². The minimum atomic E-state index is -0.267. The quantitative estimate of drug-likeness (QED) is 0.833. The van der Waals surface area contributed by atoms with Crippen molar-refractivity contribution in [2.24, 2.45) is 0 Å². The molecule has 0 atom stereocenters. The maximum absolute atomic E-state index is 12.1. The molecule has 0 saturated heterocycles. The van der Waals surface area contributed by atoms with Gasteiger partial charge in [-0.1, -0.05) is 6.07 Å². The lowest BCUT2D eigenvalue weighted by Gasteiger charge is -2.09. The summed E-state index contributed by atoms with van der Waals surface area (Å²) in [7, 11) is 0. The number of nitrogens with one attached hydrogen (secondary N) is 1. The van der Waals surface area contributed by atoms with Gasteiger partial charge in [0.05, 0.1) is 11.9 Å². The number of phenolic OH excluding ortho intramolecular Hbond substituents is 1. The summed E-state index contributed by atoms with van der Waals surface area (Å²) in [6, 6.07) is 6.69. The number of benzene rings is 1. The molecule has 0 aliphatic rings. The number of rotatable bonds is 2. The molecule has 0 aliphatic heterocycles. The molecule has 4 nitrogen and oxygen atoms in total. The Morgan fingerprint density at radius 2 is 2.11 bits per heavy atom. The number of hydrogen-bond acceptors (Lipinski definition) is 3. The number of amides is 1. The highest BCUT2D eigenvalue weighted by atomic mass is 79.9. The fourth-order valence-electron chi connectivity index (χ4n) is 1.69. The zero-order valence-corrected chi connectivity index (χ0v) is 12.2. The van der Waals surface area contributed by atoms with Crippen molar-refractivity contribution in [1.29, 1.82) is 0 Å². The summed E-state index contributed by atoms with van der Waals surface area (Å²) in [5.74, 6) is -0.158. The van der Waals surface area contributed by atoms with Crippen LogP contribution in [0.25, 0.3) is 0 Å². The smallest absolute Gasteiger partial charge is 0.256 e. The number of pyridine rings is 1. The molecular formula is C14H13BrN2O2. The molecule has 0 unspecified atom stereocenters. The number of aromatic nitrogens is 1. The zero-order chi connectivity index (χ0) is 14.0. The van der Waals surface area contributed by atoms with Crippen LogP contribution >= 0.6 is 15.9 Å². The third kappa shape index (κ3) is 2.93. The van der Waals surface area contributed by atoms with Crippen LogP contribution in [0.15, 0.2) is 35.1 Å². The first kappa shape index (κ1) is 13.5. The number of aryl methyl sites for hydroxylation is 1. The summed E-state index contributed by atoms with van der Waals surface area (Å²) >= 11 is 3.30. The maximum Gasteiger partial charge on any atom is 0.256 e. The molecule has 1 amide bonds. The zero-order valence-electron chi connectivity index (χ0n) is 10.6. The lowest BCUT2D eigenvalue weighted by atomic mass is 10.1. The Morgan fingerprint density at radius 1 is 1.37 bits per heavy atom. The minimum Gasteiger partial charge on any atom is -0.508 e. The van der Waals surface area contributed by atoms with Gasteiger partial charge in [0.2, 0.25) is 0 Å². The fourth-order valence-corrected chi connectivity index (χ4v) is 1.91. The van der Waals surface area contributed by atoms with E-state index in [9.17, 15) is 9.90 Å². The SMILES string of the molecule is Cc1cc(NC(=O)c2cccc(O)c2C)cnc1Br. The van der Waals surface area contributed by atoms with E-state index in [1.54, 1.807) is 31.3 Å². The predicted molar refractivity (Wildman–Crippen MR) is 77.5 cm³/mol. The van der Waals surface area contributed by atoms with Gasteiger partial charge in [0.1, 0.15) is 10.4 Å². The second-order valence-electron chi connectivity index (χ2n) is 4.24. The number of aromatic hydroxyl groups is 1. The van der Waals surface area contributed by atoms with E-state index in [0.29, 0.717) is 16.8 Å². The Bertz CT molecular complexity index is 641. The lowest BCUT2D eigenvalue weighted by molar-refractivity contribution is 0.102. The van der Waals surface area contributed by atoms with Gasteiger partial charge in [-0.05, 0) is 53.5 Å². The average Bonchev–Trinajstić information content (AvgIpc) is 2.37. The van der Waals surface area contributed by atoms with Crippen LogP contribution in [0.3, 0.4) is 0 Å². The molecule has 0 aliphatic carbocycles. The summed E-state index contributed by atoms with van der Waals surface area (Å²) in [5, 5.41) is 12.4. The molecule has 2 aromatic rings.